The topological polar surface area (TPSA) is 217 Å². The molecule has 2 aliphatic heterocycles. The van der Waals surface area contributed by atoms with Gasteiger partial charge in [-0.15, -0.1) is 0 Å². The Morgan fingerprint density at radius 2 is 1.64 bits per heavy atom. The van der Waals surface area contributed by atoms with Gasteiger partial charge in [0, 0.05) is 58.4 Å². The number of rotatable bonds is 7. The number of carbonyl (C=O) groups excluding carboxylic acids is 8. The molecule has 1 amide bonds. The first-order chi connectivity index (χ1) is 18.3. The first-order valence-corrected chi connectivity index (χ1v) is 10.2. The molecule has 1 fully saturated rings. The monoisotopic (exact) mass is 721 g/mol. The van der Waals surface area contributed by atoms with Crippen LogP contribution in [-0.4, -0.2) is 118 Å². The number of amides is 1. The summed E-state index contributed by atoms with van der Waals surface area (Å²) in [4.78, 5) is 82.5. The van der Waals surface area contributed by atoms with Gasteiger partial charge >= 0.3 is 19.4 Å². The van der Waals surface area contributed by atoms with Crippen LogP contribution < -0.4 is 0 Å². The van der Waals surface area contributed by atoms with Crippen molar-refractivity contribution in [1.82, 2.24) is 24.3 Å². The van der Waals surface area contributed by atoms with E-state index in [1.54, 1.807) is 17.3 Å². The van der Waals surface area contributed by atoms with Crippen LogP contribution in [0.3, 0.4) is 0 Å². The van der Waals surface area contributed by atoms with Crippen molar-refractivity contribution in [1.29, 1.82) is 0 Å². The van der Waals surface area contributed by atoms with Gasteiger partial charge in [-0.3, -0.25) is 30.1 Å². The number of aromatic nitrogens is 2. The minimum Gasteiger partial charge on any atom is -0.545 e. The fourth-order valence-electron chi connectivity index (χ4n) is 3.30. The first kappa shape index (κ1) is 42.3. The van der Waals surface area contributed by atoms with Crippen molar-refractivity contribution in [2.75, 3.05) is 26.7 Å². The molecule has 1 radical (unpaired) electrons. The van der Waals surface area contributed by atoms with Crippen LogP contribution >= 0.6 is 0 Å². The van der Waals surface area contributed by atoms with Gasteiger partial charge in [-0.2, -0.15) is 19.2 Å². The Kier molecular flexibility index (Phi) is 29.5. The third-order valence-corrected chi connectivity index (χ3v) is 4.83. The van der Waals surface area contributed by atoms with E-state index >= 15 is 0 Å². The quantitative estimate of drug-likeness (QED) is 0.162. The summed E-state index contributed by atoms with van der Waals surface area (Å²) in [6, 6.07) is 0. The van der Waals surface area contributed by atoms with Crippen LogP contribution in [0.5, 0.6) is 0 Å². The summed E-state index contributed by atoms with van der Waals surface area (Å²) in [5.41, 5.74) is 0. The van der Waals surface area contributed by atoms with Gasteiger partial charge < -0.3 is 33.9 Å². The van der Waals surface area contributed by atoms with Crippen LogP contribution in [0, 0.1) is 6.20 Å². The molecule has 1 aromatic rings. The van der Waals surface area contributed by atoms with E-state index in [-0.39, 0.29) is 45.2 Å². The van der Waals surface area contributed by atoms with Crippen LogP contribution in [0.2, 0.25) is 0 Å². The summed E-state index contributed by atoms with van der Waals surface area (Å²) in [6.45, 7) is 11.4. The Labute approximate surface area is 239 Å². The number of likely N-dealkylation sites (N-methyl/N-ethyl adjacent to an activating group) is 1. The van der Waals surface area contributed by atoms with Crippen molar-refractivity contribution in [2.24, 2.45) is 12.0 Å². The molecule has 1 saturated heterocycles. The second kappa shape index (κ2) is 27.2. The number of imidazole rings is 1. The maximum absolute atomic E-state index is 12.8. The second-order valence-corrected chi connectivity index (χ2v) is 6.87. The van der Waals surface area contributed by atoms with Crippen molar-refractivity contribution in [3.8, 4) is 0 Å². The molecule has 2 N–H and O–H groups in total. The molecule has 3 rings (SSSR count). The van der Waals surface area contributed by atoms with Crippen molar-refractivity contribution in [2.45, 2.75) is 25.3 Å². The molecule has 39 heavy (non-hydrogen) atoms. The Hall–Kier alpha value is -3.82. The van der Waals surface area contributed by atoms with Crippen LogP contribution in [-0.2, 0) is 72.4 Å². The molecule has 1 unspecified atom stereocenters. The molecule has 0 aromatic carbocycles. The zero-order chi connectivity index (χ0) is 30.1. The van der Waals surface area contributed by atoms with Crippen molar-refractivity contribution < 1.29 is 68.8 Å². The molecule has 18 heteroatoms. The third-order valence-electron chi connectivity index (χ3n) is 4.83. The Morgan fingerprint density at radius 3 is 2.05 bits per heavy atom. The molecule has 16 nitrogen and oxygen atoms in total. The summed E-state index contributed by atoms with van der Waals surface area (Å²) in [5.74, 6) is 0.996. The summed E-state index contributed by atoms with van der Waals surface area (Å²) >= 11 is 0. The zero-order valence-corrected chi connectivity index (χ0v) is 23.8. The predicted octanol–water partition coefficient (Wildman–Crippen LogP) is -3.15. The van der Waals surface area contributed by atoms with E-state index < -0.39 is 13.1 Å². The number of carbonyl (C=O) groups is 1. The summed E-state index contributed by atoms with van der Waals surface area (Å²) in [5, 5.41) is 19.0. The van der Waals surface area contributed by atoms with E-state index in [0.717, 1.165) is 18.1 Å². The molecule has 0 aliphatic carbocycles. The van der Waals surface area contributed by atoms with Crippen molar-refractivity contribution >= 4 is 51.5 Å². The smallest absolute Gasteiger partial charge is 0.475 e. The molecule has 0 bridgehead atoms. The Bertz CT molecular complexity index is 919. The van der Waals surface area contributed by atoms with Crippen LogP contribution in [0.15, 0.2) is 23.6 Å². The molecular weight excluding hydrogens is 693 g/mol. The van der Waals surface area contributed by atoms with E-state index in [1.165, 1.54) is 0 Å². The van der Waals surface area contributed by atoms with E-state index in [1.807, 2.05) is 34.7 Å². The number of aryl methyl sites for hydroxylation is 1. The van der Waals surface area contributed by atoms with Gasteiger partial charge in [0.15, 0.2) is 6.20 Å². The van der Waals surface area contributed by atoms with Crippen LogP contribution in [0.4, 0.5) is 0 Å². The average Bonchev–Trinajstić information content (AvgIpc) is 3.66. The maximum Gasteiger partial charge on any atom is 0.475 e. The molecule has 213 valence electrons. The molecule has 1 aromatic heterocycles. The van der Waals surface area contributed by atoms with Gasteiger partial charge in [0.05, 0.1) is 19.0 Å². The zero-order valence-electron chi connectivity index (χ0n) is 21.1. The number of aliphatic imine (C=N–C) groups is 1. The first-order valence-electron chi connectivity index (χ1n) is 10.2. The minimum absolute atomic E-state index is 0. The molecule has 2 aliphatic rings. The molecular formula is C21H27BN6O10Re-2. The average molecular weight is 720 g/mol. The van der Waals surface area contributed by atoms with E-state index in [4.69, 9.17) is 33.6 Å². The standard InChI is InChI=1S/C16H24BN6O3.2CO2.3CHO.Re/c1-20-8-5-18-14(20)10-22(11-15-19-6-9-21(15)2)12-16(24)23-7-3-4-13(23)17(25)26;2*2-1-3;3*1-2;/h5,8-9,13,25-26H,3-4,7,10-12H2,1-2H3;;;3*1H;/q+1;;;3*-1;. The number of hydrogen-bond acceptors (Lipinski definition) is 14. The fraction of sp³-hybridized carbons (Fsp3) is 0.429. The summed E-state index contributed by atoms with van der Waals surface area (Å²) in [6.07, 6.45) is 10.0. The molecule has 1 atom stereocenters. The number of hydrogen-bond donors (Lipinski definition) is 2. The predicted molar refractivity (Wildman–Crippen MR) is 127 cm³/mol. The third kappa shape index (κ3) is 16.6. The van der Waals surface area contributed by atoms with Gasteiger partial charge in [0.1, 0.15) is 12.4 Å². The van der Waals surface area contributed by atoms with Crippen molar-refractivity contribution in [3.63, 3.8) is 0 Å². The van der Waals surface area contributed by atoms with Gasteiger partial charge in [-0.05, 0) is 12.8 Å². The largest absolute Gasteiger partial charge is 0.545 e. The number of amidine groups is 1. The Morgan fingerprint density at radius 1 is 1.10 bits per heavy atom. The minimum atomic E-state index is -1.51. The van der Waals surface area contributed by atoms with Crippen LogP contribution in [0.1, 0.15) is 18.7 Å². The molecule has 0 saturated carbocycles. The summed E-state index contributed by atoms with van der Waals surface area (Å²) in [7, 11) is 2.29. The normalized spacial score (nSPS) is 13.6. The SMILES string of the molecule is CN1C=[C+]N=C1CN(CC(=O)N1CCCC1B(O)O)Cc1nccn1C.O=C=O.O=C=O.[CH-]=O.[CH-]=O.[CH-]=O.[Re]. The van der Waals surface area contributed by atoms with E-state index in [9.17, 15) is 14.8 Å². The second-order valence-electron chi connectivity index (χ2n) is 6.87. The summed E-state index contributed by atoms with van der Waals surface area (Å²) < 4.78 is 1.91. The van der Waals surface area contributed by atoms with Gasteiger partial charge in [0.2, 0.25) is 12.1 Å². The maximum atomic E-state index is 12.8. The molecule has 3 heterocycles. The van der Waals surface area contributed by atoms with Crippen molar-refractivity contribution in [3.05, 3.63) is 30.6 Å². The van der Waals surface area contributed by atoms with E-state index in [2.05, 4.69) is 36.5 Å². The fourth-order valence-corrected chi connectivity index (χ4v) is 3.30. The molecule has 0 spiro atoms. The van der Waals surface area contributed by atoms with Gasteiger partial charge in [0.25, 0.3) is 5.84 Å². The number of nitrogens with zero attached hydrogens (tertiary/aromatic N) is 6. The van der Waals surface area contributed by atoms with Crippen LogP contribution in [0.25, 0.3) is 0 Å². The van der Waals surface area contributed by atoms with Gasteiger partial charge in [-0.25, -0.2) is 9.88 Å². The Balaban J connectivity index is -0.000000411. The number of likely N-dealkylation sites (tertiary alicyclic amines) is 1. The van der Waals surface area contributed by atoms with E-state index in [0.29, 0.717) is 26.1 Å². The van der Waals surface area contributed by atoms with Gasteiger partial charge in [-0.1, -0.05) is 0 Å².